The Morgan fingerprint density at radius 1 is 1.25 bits per heavy atom. The van der Waals surface area contributed by atoms with Crippen LogP contribution in [-0.4, -0.2) is 36.0 Å². The van der Waals surface area contributed by atoms with Crippen molar-refractivity contribution in [2.24, 2.45) is 5.92 Å². The summed E-state index contributed by atoms with van der Waals surface area (Å²) in [4.78, 5) is 36.6. The highest BCUT2D eigenvalue weighted by molar-refractivity contribution is 6.31. The molecule has 2 amide bonds. The number of benzene rings is 2. The van der Waals surface area contributed by atoms with Gasteiger partial charge < -0.3 is 20.1 Å². The van der Waals surface area contributed by atoms with Gasteiger partial charge >= 0.3 is 5.97 Å². The van der Waals surface area contributed by atoms with Crippen molar-refractivity contribution in [2.45, 2.75) is 13.3 Å². The number of carboxylic acids is 1. The van der Waals surface area contributed by atoms with Crippen LogP contribution in [0.5, 0.6) is 5.75 Å². The quantitative estimate of drug-likeness (QED) is 0.774. The van der Waals surface area contributed by atoms with Gasteiger partial charge in [0.2, 0.25) is 5.91 Å². The van der Waals surface area contributed by atoms with Crippen molar-refractivity contribution in [1.82, 2.24) is 0 Å². The van der Waals surface area contributed by atoms with Gasteiger partial charge in [0.1, 0.15) is 5.75 Å². The van der Waals surface area contributed by atoms with Crippen LogP contribution < -0.4 is 15.0 Å². The summed E-state index contributed by atoms with van der Waals surface area (Å²) in [6.07, 6.45) is -0.00330. The molecular weight excluding hydrogens is 384 g/mol. The summed E-state index contributed by atoms with van der Waals surface area (Å²) in [6, 6.07) is 11.8. The molecule has 0 spiro atoms. The molecule has 146 valence electrons. The number of halogens is 1. The van der Waals surface area contributed by atoms with Gasteiger partial charge in [-0.25, -0.2) is 0 Å². The molecular formula is C20H19ClN2O5. The molecule has 0 aliphatic carbocycles. The van der Waals surface area contributed by atoms with Crippen LogP contribution in [0.15, 0.2) is 42.5 Å². The van der Waals surface area contributed by atoms with E-state index < -0.39 is 11.9 Å². The number of carbonyl (C=O) groups is 3. The Hall–Kier alpha value is -3.06. The van der Waals surface area contributed by atoms with Gasteiger partial charge in [-0.2, -0.15) is 0 Å². The van der Waals surface area contributed by atoms with E-state index in [1.807, 2.05) is 6.92 Å². The van der Waals surface area contributed by atoms with Crippen LogP contribution in [0.3, 0.4) is 0 Å². The number of ether oxygens (including phenoxy) is 1. The van der Waals surface area contributed by atoms with Gasteiger partial charge in [0.05, 0.1) is 5.92 Å². The minimum atomic E-state index is -0.975. The maximum Gasteiger partial charge on any atom is 0.308 e. The van der Waals surface area contributed by atoms with Crippen LogP contribution in [0.1, 0.15) is 12.0 Å². The smallest absolute Gasteiger partial charge is 0.308 e. The van der Waals surface area contributed by atoms with Crippen molar-refractivity contribution < 1.29 is 24.2 Å². The number of carboxylic acid groups (broad SMARTS) is 1. The highest BCUT2D eigenvalue weighted by atomic mass is 35.5. The van der Waals surface area contributed by atoms with Crippen LogP contribution in [0.25, 0.3) is 0 Å². The van der Waals surface area contributed by atoms with E-state index in [-0.39, 0.29) is 31.4 Å². The SMILES string of the molecule is Cc1c(Cl)cccc1NC(=O)COc1ccc(N2C[C@@H](C(=O)O)CC2=O)cc1. The Bertz CT molecular complexity index is 913. The average Bonchev–Trinajstić information content (AvgIpc) is 3.06. The van der Waals surface area contributed by atoms with Gasteiger partial charge in [0, 0.05) is 29.4 Å². The summed E-state index contributed by atoms with van der Waals surface area (Å²) < 4.78 is 5.47. The Labute approximate surface area is 166 Å². The first-order valence-electron chi connectivity index (χ1n) is 8.66. The van der Waals surface area contributed by atoms with Gasteiger partial charge in [-0.3, -0.25) is 14.4 Å². The molecule has 8 heteroatoms. The highest BCUT2D eigenvalue weighted by Crippen LogP contribution is 2.27. The molecule has 28 heavy (non-hydrogen) atoms. The predicted molar refractivity (Wildman–Crippen MR) is 105 cm³/mol. The fraction of sp³-hybridized carbons (Fsp3) is 0.250. The van der Waals surface area contributed by atoms with E-state index in [1.54, 1.807) is 42.5 Å². The minimum absolute atomic E-state index is 0.00330. The van der Waals surface area contributed by atoms with E-state index in [1.165, 1.54) is 4.90 Å². The molecule has 3 rings (SSSR count). The fourth-order valence-corrected chi connectivity index (χ4v) is 3.10. The lowest BCUT2D eigenvalue weighted by atomic mass is 10.1. The van der Waals surface area contributed by atoms with E-state index in [9.17, 15) is 14.4 Å². The number of amides is 2. The summed E-state index contributed by atoms with van der Waals surface area (Å²) in [5, 5.41) is 12.4. The normalized spacial score (nSPS) is 16.1. The number of hydrogen-bond donors (Lipinski definition) is 2. The second kappa shape index (κ2) is 8.31. The molecule has 2 N–H and O–H groups in total. The first kappa shape index (κ1) is 19.7. The zero-order chi connectivity index (χ0) is 20.3. The maximum atomic E-state index is 12.1. The first-order valence-corrected chi connectivity index (χ1v) is 9.04. The minimum Gasteiger partial charge on any atom is -0.484 e. The molecule has 2 aromatic rings. The molecule has 0 radical (unpaired) electrons. The lowest BCUT2D eigenvalue weighted by Crippen LogP contribution is -2.25. The Balaban J connectivity index is 1.56. The molecule has 0 bridgehead atoms. The standard InChI is InChI=1S/C20H19ClN2O5/c1-12-16(21)3-2-4-17(12)22-18(24)11-28-15-7-5-14(6-8-15)23-10-13(20(26)27)9-19(23)25/h2-8,13H,9-11H2,1H3,(H,22,24)(H,26,27)/t13-/m0/s1. The predicted octanol–water partition coefficient (Wildman–Crippen LogP) is 3.10. The first-order chi connectivity index (χ1) is 13.3. The van der Waals surface area contributed by atoms with Crippen LogP contribution in [0.4, 0.5) is 11.4 Å². The largest absolute Gasteiger partial charge is 0.484 e. The molecule has 0 unspecified atom stereocenters. The van der Waals surface area contributed by atoms with Crippen LogP contribution in [0.2, 0.25) is 5.02 Å². The molecule has 0 aromatic heterocycles. The van der Waals surface area contributed by atoms with Crippen molar-refractivity contribution in [1.29, 1.82) is 0 Å². The third kappa shape index (κ3) is 4.43. The molecule has 1 aliphatic rings. The van der Waals surface area contributed by atoms with Gasteiger partial charge in [0.15, 0.2) is 6.61 Å². The topological polar surface area (TPSA) is 95.9 Å². The summed E-state index contributed by atoms with van der Waals surface area (Å²) in [5.41, 5.74) is 1.99. The van der Waals surface area contributed by atoms with Crippen molar-refractivity contribution in [2.75, 3.05) is 23.4 Å². The fourth-order valence-electron chi connectivity index (χ4n) is 2.92. The molecule has 0 saturated carbocycles. The lowest BCUT2D eigenvalue weighted by Gasteiger charge is -2.16. The molecule has 2 aromatic carbocycles. The zero-order valence-corrected chi connectivity index (χ0v) is 15.9. The third-order valence-corrected chi connectivity index (χ3v) is 4.94. The monoisotopic (exact) mass is 402 g/mol. The maximum absolute atomic E-state index is 12.1. The number of carbonyl (C=O) groups excluding carboxylic acids is 2. The number of rotatable bonds is 6. The summed E-state index contributed by atoms with van der Waals surface area (Å²) >= 11 is 6.03. The van der Waals surface area contributed by atoms with E-state index >= 15 is 0 Å². The number of aliphatic carboxylic acids is 1. The molecule has 1 saturated heterocycles. The van der Waals surface area contributed by atoms with Gasteiger partial charge in [-0.15, -0.1) is 0 Å². The second-order valence-electron chi connectivity index (χ2n) is 6.49. The lowest BCUT2D eigenvalue weighted by molar-refractivity contribution is -0.141. The summed E-state index contributed by atoms with van der Waals surface area (Å²) in [7, 11) is 0. The highest BCUT2D eigenvalue weighted by Gasteiger charge is 2.34. The zero-order valence-electron chi connectivity index (χ0n) is 15.1. The second-order valence-corrected chi connectivity index (χ2v) is 6.89. The number of hydrogen-bond acceptors (Lipinski definition) is 4. The molecule has 1 aliphatic heterocycles. The molecule has 7 nitrogen and oxygen atoms in total. The molecule has 1 atom stereocenters. The number of anilines is 2. The van der Waals surface area contributed by atoms with E-state index in [4.69, 9.17) is 21.4 Å². The van der Waals surface area contributed by atoms with E-state index in [0.29, 0.717) is 22.1 Å². The third-order valence-electron chi connectivity index (χ3n) is 4.53. The van der Waals surface area contributed by atoms with E-state index in [0.717, 1.165) is 5.56 Å². The van der Waals surface area contributed by atoms with Crippen LogP contribution in [-0.2, 0) is 14.4 Å². The molecule has 1 fully saturated rings. The number of nitrogens with one attached hydrogen (secondary N) is 1. The van der Waals surface area contributed by atoms with Crippen molar-refractivity contribution in [3.8, 4) is 5.75 Å². The van der Waals surface area contributed by atoms with Crippen molar-refractivity contribution in [3.05, 3.63) is 53.1 Å². The van der Waals surface area contributed by atoms with Gasteiger partial charge in [0.25, 0.3) is 5.91 Å². The van der Waals surface area contributed by atoms with E-state index in [2.05, 4.69) is 5.32 Å². The summed E-state index contributed by atoms with van der Waals surface area (Å²) in [5.74, 6) is -1.76. The average molecular weight is 403 g/mol. The summed E-state index contributed by atoms with van der Waals surface area (Å²) in [6.45, 7) is 1.77. The number of nitrogens with zero attached hydrogens (tertiary/aromatic N) is 1. The van der Waals surface area contributed by atoms with Crippen LogP contribution in [0, 0.1) is 12.8 Å². The van der Waals surface area contributed by atoms with Crippen molar-refractivity contribution in [3.63, 3.8) is 0 Å². The Morgan fingerprint density at radius 3 is 2.61 bits per heavy atom. The van der Waals surface area contributed by atoms with Gasteiger partial charge in [-0.05, 0) is 48.9 Å². The van der Waals surface area contributed by atoms with Gasteiger partial charge in [-0.1, -0.05) is 17.7 Å². The Kier molecular flexibility index (Phi) is 5.84. The Morgan fingerprint density at radius 2 is 1.96 bits per heavy atom. The van der Waals surface area contributed by atoms with Crippen LogP contribution >= 0.6 is 11.6 Å². The van der Waals surface area contributed by atoms with Crippen molar-refractivity contribution >= 4 is 40.8 Å². The molecule has 1 heterocycles.